The number of carboxylic acid groups (broad SMARTS) is 1. The summed E-state index contributed by atoms with van der Waals surface area (Å²) in [5.74, 6) is 0.112. The van der Waals surface area contributed by atoms with Crippen molar-refractivity contribution in [3.8, 4) is 5.75 Å². The molecule has 0 aromatic heterocycles. The van der Waals surface area contributed by atoms with Crippen LogP contribution in [-0.2, 0) is 9.53 Å². The summed E-state index contributed by atoms with van der Waals surface area (Å²) >= 11 is 3.43. The fourth-order valence-electron chi connectivity index (χ4n) is 1.95. The topological polar surface area (TPSA) is 55.8 Å². The summed E-state index contributed by atoms with van der Waals surface area (Å²) in [6.07, 6.45) is 0.756. The second kappa shape index (κ2) is 5.92. The predicted molar refractivity (Wildman–Crippen MR) is 74.6 cm³/mol. The average Bonchev–Trinajstić information content (AvgIpc) is 3.20. The minimum atomic E-state index is -1.01. The van der Waals surface area contributed by atoms with Gasteiger partial charge in [-0.1, -0.05) is 15.9 Å². The van der Waals surface area contributed by atoms with Crippen molar-refractivity contribution in [2.75, 3.05) is 7.11 Å². The van der Waals surface area contributed by atoms with Gasteiger partial charge >= 0.3 is 5.97 Å². The van der Waals surface area contributed by atoms with Gasteiger partial charge in [0.2, 0.25) is 6.10 Å². The van der Waals surface area contributed by atoms with Crippen LogP contribution in [0.2, 0.25) is 0 Å². The van der Waals surface area contributed by atoms with Crippen LogP contribution >= 0.6 is 15.9 Å². The number of hydrogen-bond donors (Lipinski definition) is 1. The summed E-state index contributed by atoms with van der Waals surface area (Å²) in [5.41, 5.74) is 1.07. The molecule has 0 amide bonds. The molecule has 1 aliphatic carbocycles. The quantitative estimate of drug-likeness (QED) is 0.871. The van der Waals surface area contributed by atoms with Gasteiger partial charge in [-0.2, -0.15) is 0 Å². The molecule has 1 aromatic carbocycles. The largest absolute Gasteiger partial charge is 0.478 e. The van der Waals surface area contributed by atoms with Gasteiger partial charge in [-0.05, 0) is 49.4 Å². The fourth-order valence-corrected chi connectivity index (χ4v) is 2.33. The molecule has 4 nitrogen and oxygen atoms in total. The van der Waals surface area contributed by atoms with Crippen LogP contribution in [-0.4, -0.2) is 30.4 Å². The first-order valence-corrected chi connectivity index (χ1v) is 7.04. The summed E-state index contributed by atoms with van der Waals surface area (Å²) < 4.78 is 11.7. The number of methoxy groups -OCH3 is 1. The maximum atomic E-state index is 11.3. The molecule has 0 radical (unpaired) electrons. The minimum Gasteiger partial charge on any atom is -0.478 e. The molecule has 0 saturated heterocycles. The zero-order chi connectivity index (χ0) is 14.0. The van der Waals surface area contributed by atoms with Crippen LogP contribution in [0.5, 0.6) is 5.75 Å². The SMILES string of the molecule is COC(C)C(Oc1ccc(Br)cc1C1CC1)C(=O)O. The molecule has 19 heavy (non-hydrogen) atoms. The Kier molecular flexibility index (Phi) is 4.47. The van der Waals surface area contributed by atoms with Crippen molar-refractivity contribution in [3.63, 3.8) is 0 Å². The molecule has 0 heterocycles. The van der Waals surface area contributed by atoms with Crippen molar-refractivity contribution in [1.29, 1.82) is 0 Å². The van der Waals surface area contributed by atoms with Crippen molar-refractivity contribution >= 4 is 21.9 Å². The fraction of sp³-hybridized carbons (Fsp3) is 0.500. The molecule has 2 atom stereocenters. The Hall–Kier alpha value is -1.07. The number of halogens is 1. The van der Waals surface area contributed by atoms with E-state index in [0.29, 0.717) is 11.7 Å². The van der Waals surface area contributed by atoms with E-state index in [2.05, 4.69) is 15.9 Å². The van der Waals surface area contributed by atoms with Crippen LogP contribution < -0.4 is 4.74 Å². The number of benzene rings is 1. The van der Waals surface area contributed by atoms with Gasteiger partial charge in [0.15, 0.2) is 0 Å². The molecule has 2 unspecified atom stereocenters. The van der Waals surface area contributed by atoms with Gasteiger partial charge in [-0.25, -0.2) is 4.79 Å². The summed E-state index contributed by atoms with van der Waals surface area (Å²) in [4.78, 5) is 11.3. The van der Waals surface area contributed by atoms with Crippen molar-refractivity contribution in [3.05, 3.63) is 28.2 Å². The highest BCUT2D eigenvalue weighted by atomic mass is 79.9. The Bertz CT molecular complexity index is 471. The van der Waals surface area contributed by atoms with Gasteiger partial charge in [-0.15, -0.1) is 0 Å². The van der Waals surface area contributed by atoms with E-state index in [1.54, 1.807) is 6.92 Å². The van der Waals surface area contributed by atoms with E-state index in [-0.39, 0.29) is 0 Å². The van der Waals surface area contributed by atoms with Gasteiger partial charge in [0.05, 0.1) is 0 Å². The smallest absolute Gasteiger partial charge is 0.347 e. The number of hydrogen-bond acceptors (Lipinski definition) is 3. The van der Waals surface area contributed by atoms with Crippen LogP contribution in [0.15, 0.2) is 22.7 Å². The van der Waals surface area contributed by atoms with E-state index in [1.807, 2.05) is 18.2 Å². The Morgan fingerprint density at radius 1 is 1.47 bits per heavy atom. The first-order valence-electron chi connectivity index (χ1n) is 6.24. The standard InChI is InChI=1S/C14H17BrO4/c1-8(18-2)13(14(16)17)19-12-6-5-10(15)7-11(12)9-3-4-9/h5-9,13H,3-4H2,1-2H3,(H,16,17). The second-order valence-electron chi connectivity index (χ2n) is 4.77. The van der Waals surface area contributed by atoms with Crippen LogP contribution in [0, 0.1) is 0 Å². The van der Waals surface area contributed by atoms with Gasteiger partial charge in [0.1, 0.15) is 11.9 Å². The maximum Gasteiger partial charge on any atom is 0.347 e. The highest BCUT2D eigenvalue weighted by Gasteiger charge is 2.31. The summed E-state index contributed by atoms with van der Waals surface area (Å²) in [5, 5.41) is 9.22. The van der Waals surface area contributed by atoms with Crippen molar-refractivity contribution in [2.24, 2.45) is 0 Å². The Balaban J connectivity index is 2.23. The molecule has 0 aliphatic heterocycles. The summed E-state index contributed by atoms with van der Waals surface area (Å²) in [6, 6.07) is 5.68. The van der Waals surface area contributed by atoms with Crippen molar-refractivity contribution in [2.45, 2.75) is 37.9 Å². The number of rotatable bonds is 6. The second-order valence-corrected chi connectivity index (χ2v) is 5.69. The van der Waals surface area contributed by atoms with Gasteiger partial charge in [0, 0.05) is 11.6 Å². The highest BCUT2D eigenvalue weighted by molar-refractivity contribution is 9.10. The maximum absolute atomic E-state index is 11.3. The lowest BCUT2D eigenvalue weighted by Crippen LogP contribution is -2.38. The van der Waals surface area contributed by atoms with Crippen LogP contribution in [0.1, 0.15) is 31.2 Å². The third kappa shape index (κ3) is 3.48. The monoisotopic (exact) mass is 328 g/mol. The molecular weight excluding hydrogens is 312 g/mol. The Morgan fingerprint density at radius 3 is 2.68 bits per heavy atom. The third-order valence-electron chi connectivity index (χ3n) is 3.28. The number of carbonyl (C=O) groups is 1. The molecule has 1 aromatic rings. The van der Waals surface area contributed by atoms with Crippen LogP contribution in [0.3, 0.4) is 0 Å². The first kappa shape index (κ1) is 14.3. The van der Waals surface area contributed by atoms with Gasteiger partial charge in [0.25, 0.3) is 0 Å². The van der Waals surface area contributed by atoms with E-state index < -0.39 is 18.2 Å². The zero-order valence-corrected chi connectivity index (χ0v) is 12.5. The highest BCUT2D eigenvalue weighted by Crippen LogP contribution is 2.45. The van der Waals surface area contributed by atoms with E-state index in [1.165, 1.54) is 7.11 Å². The molecule has 1 saturated carbocycles. The van der Waals surface area contributed by atoms with Gasteiger partial charge in [-0.3, -0.25) is 0 Å². The molecule has 0 spiro atoms. The molecule has 1 fully saturated rings. The summed E-state index contributed by atoms with van der Waals surface area (Å²) in [6.45, 7) is 1.69. The normalized spacial score (nSPS) is 17.8. The Labute approximate surface area is 120 Å². The molecule has 1 N–H and O–H groups in total. The van der Waals surface area contributed by atoms with E-state index >= 15 is 0 Å². The lowest BCUT2D eigenvalue weighted by atomic mass is 10.1. The van der Waals surface area contributed by atoms with Crippen molar-refractivity contribution < 1.29 is 19.4 Å². The van der Waals surface area contributed by atoms with Crippen molar-refractivity contribution in [1.82, 2.24) is 0 Å². The average molecular weight is 329 g/mol. The van der Waals surface area contributed by atoms with Crippen LogP contribution in [0.4, 0.5) is 0 Å². The van der Waals surface area contributed by atoms with Gasteiger partial charge < -0.3 is 14.6 Å². The molecule has 104 valence electrons. The van der Waals surface area contributed by atoms with E-state index in [0.717, 1.165) is 22.9 Å². The minimum absolute atomic E-state index is 0.486. The molecule has 0 bridgehead atoms. The van der Waals surface area contributed by atoms with Crippen LogP contribution in [0.25, 0.3) is 0 Å². The molecular formula is C14H17BrO4. The lowest BCUT2D eigenvalue weighted by Gasteiger charge is -2.22. The van der Waals surface area contributed by atoms with E-state index in [9.17, 15) is 9.90 Å². The predicted octanol–water partition coefficient (Wildman–Crippen LogP) is 3.19. The lowest BCUT2D eigenvalue weighted by molar-refractivity contribution is -0.151. The summed E-state index contributed by atoms with van der Waals surface area (Å²) in [7, 11) is 1.48. The van der Waals surface area contributed by atoms with E-state index in [4.69, 9.17) is 9.47 Å². The first-order chi connectivity index (χ1) is 9.02. The molecule has 2 rings (SSSR count). The third-order valence-corrected chi connectivity index (χ3v) is 3.78. The number of carboxylic acids is 1. The molecule has 5 heteroatoms. The zero-order valence-electron chi connectivity index (χ0n) is 10.9. The number of ether oxygens (including phenoxy) is 2. The number of aliphatic carboxylic acids is 1. The molecule has 1 aliphatic rings. The Morgan fingerprint density at radius 2 is 2.16 bits per heavy atom.